The van der Waals surface area contributed by atoms with Crippen molar-refractivity contribution in [3.63, 3.8) is 0 Å². The van der Waals surface area contributed by atoms with E-state index < -0.39 is 17.0 Å². The molecule has 0 aromatic carbocycles. The Morgan fingerprint density at radius 3 is 1.16 bits per heavy atom. The predicted octanol–water partition coefficient (Wildman–Crippen LogP) is 5.27. The Bertz CT molecular complexity index is 369. The van der Waals surface area contributed by atoms with Gasteiger partial charge in [-0.3, -0.25) is 0 Å². The maximum Gasteiger partial charge on any atom is 0.256 e. The monoisotopic (exact) mass is 362 g/mol. The van der Waals surface area contributed by atoms with Crippen LogP contribution in [0.2, 0.25) is 0 Å². The van der Waals surface area contributed by atoms with Gasteiger partial charge in [-0.05, 0) is 44.4 Å². The zero-order valence-electron chi connectivity index (χ0n) is 18.6. The number of aliphatic hydroxyl groups is 1. The second kappa shape index (κ2) is 8.22. The average Bonchev–Trinajstić information content (AvgIpc) is 2.39. The van der Waals surface area contributed by atoms with Crippen molar-refractivity contribution in [3.05, 3.63) is 0 Å². The summed E-state index contributed by atoms with van der Waals surface area (Å²) >= 11 is 0. The Balaban J connectivity index is 5.33. The summed E-state index contributed by atoms with van der Waals surface area (Å²) in [6.45, 7) is 23.9. The maximum atomic E-state index is 10.0. The van der Waals surface area contributed by atoms with Crippen molar-refractivity contribution in [2.24, 2.45) is 16.7 Å². The summed E-state index contributed by atoms with van der Waals surface area (Å²) in [7, 11) is 0. The van der Waals surface area contributed by atoms with Crippen molar-refractivity contribution < 1.29 is 24.7 Å². The molecule has 5 heteroatoms. The van der Waals surface area contributed by atoms with E-state index in [1.165, 1.54) is 0 Å². The van der Waals surface area contributed by atoms with Gasteiger partial charge < -0.3 is 5.11 Å². The molecule has 0 saturated carbocycles. The molecule has 0 aromatic rings. The van der Waals surface area contributed by atoms with Crippen LogP contribution in [0.25, 0.3) is 0 Å². The lowest BCUT2D eigenvalue weighted by Crippen LogP contribution is -2.50. The van der Waals surface area contributed by atoms with E-state index in [0.29, 0.717) is 6.42 Å². The second-order valence-electron chi connectivity index (χ2n) is 10.5. The molecule has 0 aliphatic heterocycles. The fraction of sp³-hybridized carbons (Fsp3) is 1.00. The van der Waals surface area contributed by atoms with Gasteiger partial charge >= 0.3 is 0 Å². The van der Waals surface area contributed by atoms with Crippen molar-refractivity contribution in [1.82, 2.24) is 0 Å². The molecule has 0 aliphatic carbocycles. The quantitative estimate of drug-likeness (QED) is 0.344. The van der Waals surface area contributed by atoms with E-state index >= 15 is 0 Å². The summed E-state index contributed by atoms with van der Waals surface area (Å²) in [5, 5.41) is 10.0. The van der Waals surface area contributed by atoms with Crippen LogP contribution in [0.1, 0.15) is 89.5 Å². The predicted molar refractivity (Wildman–Crippen MR) is 101 cm³/mol. The van der Waals surface area contributed by atoms with Crippen LogP contribution in [0.4, 0.5) is 0 Å². The molecule has 0 heterocycles. The Hall–Kier alpha value is -0.200. The Morgan fingerprint density at radius 1 is 0.640 bits per heavy atom. The van der Waals surface area contributed by atoms with Gasteiger partial charge in [-0.15, -0.1) is 0 Å². The first-order chi connectivity index (χ1) is 10.9. The molecule has 0 atom stereocenters. The largest absolute Gasteiger partial charge is 0.391 e. The van der Waals surface area contributed by atoms with E-state index in [1.54, 1.807) is 0 Å². The molecule has 5 nitrogen and oxygen atoms in total. The van der Waals surface area contributed by atoms with Crippen LogP contribution < -0.4 is 0 Å². The number of hydrogen-bond donors (Lipinski definition) is 1. The SMILES string of the molecule is CC(C)CC(CO)(OOC(C)(C)C(C)(C)C)OOC(C)(C)C(C)(C)C. The molecule has 0 unspecified atom stereocenters. The van der Waals surface area contributed by atoms with Crippen molar-refractivity contribution in [1.29, 1.82) is 0 Å². The highest BCUT2D eigenvalue weighted by molar-refractivity contribution is 4.84. The van der Waals surface area contributed by atoms with E-state index in [2.05, 4.69) is 41.5 Å². The minimum Gasteiger partial charge on any atom is -0.391 e. The highest BCUT2D eigenvalue weighted by atomic mass is 17.3. The first-order valence-electron chi connectivity index (χ1n) is 9.24. The topological polar surface area (TPSA) is 57.2 Å². The van der Waals surface area contributed by atoms with Gasteiger partial charge in [0.25, 0.3) is 5.79 Å². The molecule has 152 valence electrons. The third-order valence-electron chi connectivity index (χ3n) is 5.38. The van der Waals surface area contributed by atoms with Gasteiger partial charge in [0, 0.05) is 6.42 Å². The Morgan fingerprint density at radius 2 is 0.960 bits per heavy atom. The zero-order valence-corrected chi connectivity index (χ0v) is 18.6. The molecule has 0 amide bonds. The fourth-order valence-corrected chi connectivity index (χ4v) is 1.43. The molecule has 0 rings (SSSR count). The lowest BCUT2D eigenvalue weighted by molar-refractivity contribution is -0.557. The first-order valence-corrected chi connectivity index (χ1v) is 9.24. The minimum atomic E-state index is -1.38. The van der Waals surface area contributed by atoms with Crippen LogP contribution >= 0.6 is 0 Å². The summed E-state index contributed by atoms with van der Waals surface area (Å²) in [6, 6.07) is 0. The van der Waals surface area contributed by atoms with Gasteiger partial charge in [-0.25, -0.2) is 9.78 Å². The summed E-state index contributed by atoms with van der Waals surface area (Å²) in [5.41, 5.74) is -1.46. The fourth-order valence-electron chi connectivity index (χ4n) is 1.43. The molecule has 0 radical (unpaired) electrons. The van der Waals surface area contributed by atoms with Crippen LogP contribution in [0.15, 0.2) is 0 Å². The van der Waals surface area contributed by atoms with Crippen LogP contribution in [0, 0.1) is 16.7 Å². The lowest BCUT2D eigenvalue weighted by atomic mass is 9.79. The van der Waals surface area contributed by atoms with Crippen LogP contribution in [-0.2, 0) is 19.6 Å². The maximum absolute atomic E-state index is 10.0. The molecule has 0 fully saturated rings. The van der Waals surface area contributed by atoms with Crippen LogP contribution in [-0.4, -0.2) is 28.7 Å². The number of rotatable bonds is 9. The molecule has 0 aliphatic rings. The van der Waals surface area contributed by atoms with Crippen LogP contribution in [0.3, 0.4) is 0 Å². The summed E-state index contributed by atoms with van der Waals surface area (Å²) in [6.07, 6.45) is 0.434. The third-order valence-corrected chi connectivity index (χ3v) is 5.38. The highest BCUT2D eigenvalue weighted by Crippen LogP contribution is 2.38. The summed E-state index contributed by atoms with van der Waals surface area (Å²) in [5.74, 6) is -1.16. The molecule has 0 bridgehead atoms. The van der Waals surface area contributed by atoms with Gasteiger partial charge in [0.15, 0.2) is 0 Å². The Labute approximate surface area is 155 Å². The zero-order chi connectivity index (χ0) is 20.3. The van der Waals surface area contributed by atoms with E-state index in [1.807, 2.05) is 41.5 Å². The second-order valence-corrected chi connectivity index (χ2v) is 10.5. The van der Waals surface area contributed by atoms with Gasteiger partial charge in [0.1, 0.15) is 17.8 Å². The first kappa shape index (κ1) is 24.8. The average molecular weight is 363 g/mol. The van der Waals surface area contributed by atoms with E-state index in [4.69, 9.17) is 19.6 Å². The number of aliphatic hydroxyl groups excluding tert-OH is 1. The molecular formula is C20H42O5. The van der Waals surface area contributed by atoms with E-state index in [0.717, 1.165) is 0 Å². The van der Waals surface area contributed by atoms with Crippen molar-refractivity contribution in [2.75, 3.05) is 6.61 Å². The molecule has 25 heavy (non-hydrogen) atoms. The smallest absolute Gasteiger partial charge is 0.256 e. The summed E-state index contributed by atoms with van der Waals surface area (Å²) < 4.78 is 0. The molecular weight excluding hydrogens is 320 g/mol. The number of hydrogen-bond acceptors (Lipinski definition) is 5. The van der Waals surface area contributed by atoms with E-state index in [-0.39, 0.29) is 23.4 Å². The normalized spacial score (nSPS) is 15.1. The van der Waals surface area contributed by atoms with Crippen molar-refractivity contribution in [3.8, 4) is 0 Å². The van der Waals surface area contributed by atoms with Gasteiger partial charge in [-0.2, -0.15) is 9.78 Å². The molecule has 0 saturated heterocycles. The van der Waals surface area contributed by atoms with Gasteiger partial charge in [0.05, 0.1) is 0 Å². The summed E-state index contributed by atoms with van der Waals surface area (Å²) in [4.78, 5) is 22.9. The highest BCUT2D eigenvalue weighted by Gasteiger charge is 2.44. The van der Waals surface area contributed by atoms with Gasteiger partial charge in [-0.1, -0.05) is 55.4 Å². The third kappa shape index (κ3) is 7.14. The van der Waals surface area contributed by atoms with Crippen molar-refractivity contribution in [2.45, 2.75) is 106 Å². The lowest BCUT2D eigenvalue weighted by Gasteiger charge is -2.43. The molecule has 0 spiro atoms. The van der Waals surface area contributed by atoms with Gasteiger partial charge in [0.2, 0.25) is 0 Å². The van der Waals surface area contributed by atoms with Crippen LogP contribution in [0.5, 0.6) is 0 Å². The molecule has 1 N–H and O–H groups in total. The molecule has 0 aromatic heterocycles. The Kier molecular flexibility index (Phi) is 8.15. The standard InChI is InChI=1S/C20H42O5/c1-15(2)13-20(14-21,24-22-18(9,10)16(3,4)5)25-23-19(11,12)17(6,7)8/h15,21H,13-14H2,1-12H3. The minimum absolute atomic E-state index is 0.155. The van der Waals surface area contributed by atoms with E-state index in [9.17, 15) is 5.11 Å². The van der Waals surface area contributed by atoms with Crippen molar-refractivity contribution >= 4 is 0 Å².